The second-order valence-corrected chi connectivity index (χ2v) is 3.06. The van der Waals surface area contributed by atoms with Crippen molar-refractivity contribution in [1.82, 2.24) is 9.78 Å². The second-order valence-electron chi connectivity index (χ2n) is 3.06. The van der Waals surface area contributed by atoms with Gasteiger partial charge >= 0.3 is 0 Å². The smallest absolute Gasteiger partial charge is 0.208 e. The molecular formula is C9H14N4. The molecule has 4 nitrogen and oxygen atoms in total. The number of hydrogen-bond acceptors (Lipinski definition) is 3. The van der Waals surface area contributed by atoms with E-state index in [9.17, 15) is 0 Å². The SMILES string of the molecule is CCCCc1c(C)nn(C#N)c1N. The normalized spacial score (nSPS) is 9.92. The Morgan fingerprint density at radius 3 is 2.77 bits per heavy atom. The molecule has 0 unspecified atom stereocenters. The van der Waals surface area contributed by atoms with Crippen LogP contribution in [-0.4, -0.2) is 9.78 Å². The number of nitrogens with two attached hydrogens (primary N) is 1. The summed E-state index contributed by atoms with van der Waals surface area (Å²) in [4.78, 5) is 0. The second kappa shape index (κ2) is 3.94. The number of unbranched alkanes of at least 4 members (excludes halogenated alkanes) is 1. The van der Waals surface area contributed by atoms with E-state index in [-0.39, 0.29) is 0 Å². The van der Waals surface area contributed by atoms with Gasteiger partial charge in [-0.05, 0) is 19.8 Å². The Bertz CT molecular complexity index is 332. The summed E-state index contributed by atoms with van der Waals surface area (Å²) >= 11 is 0. The molecule has 0 saturated carbocycles. The standard InChI is InChI=1S/C9H14N4/c1-3-4-5-8-7(2)12-13(6-10)9(8)11/h3-5,11H2,1-2H3. The molecule has 2 N–H and O–H groups in total. The molecule has 0 aliphatic rings. The lowest BCUT2D eigenvalue weighted by Crippen LogP contribution is -1.99. The number of nitrogens with zero attached hydrogens (tertiary/aromatic N) is 3. The van der Waals surface area contributed by atoms with Crippen LogP contribution in [0.15, 0.2) is 0 Å². The largest absolute Gasteiger partial charge is 0.383 e. The molecule has 1 rings (SSSR count). The highest BCUT2D eigenvalue weighted by molar-refractivity contribution is 5.44. The molecule has 0 fully saturated rings. The maximum Gasteiger partial charge on any atom is 0.208 e. The van der Waals surface area contributed by atoms with Gasteiger partial charge in [-0.15, -0.1) is 0 Å². The predicted octanol–water partition coefficient (Wildman–Crippen LogP) is 1.45. The van der Waals surface area contributed by atoms with E-state index in [4.69, 9.17) is 11.0 Å². The zero-order valence-corrected chi connectivity index (χ0v) is 8.04. The summed E-state index contributed by atoms with van der Waals surface area (Å²) in [7, 11) is 0. The van der Waals surface area contributed by atoms with Crippen LogP contribution in [0.1, 0.15) is 31.0 Å². The first kappa shape index (κ1) is 9.59. The Labute approximate surface area is 78.0 Å². The topological polar surface area (TPSA) is 67.6 Å². The monoisotopic (exact) mass is 178 g/mol. The zero-order valence-electron chi connectivity index (χ0n) is 8.04. The summed E-state index contributed by atoms with van der Waals surface area (Å²) < 4.78 is 1.18. The van der Waals surface area contributed by atoms with Crippen LogP contribution in [0.4, 0.5) is 5.82 Å². The quantitative estimate of drug-likeness (QED) is 0.761. The summed E-state index contributed by atoms with van der Waals surface area (Å²) in [6.07, 6.45) is 5.03. The van der Waals surface area contributed by atoms with Crippen molar-refractivity contribution in [3.05, 3.63) is 11.3 Å². The minimum absolute atomic E-state index is 0.494. The fraction of sp³-hybridized carbons (Fsp3) is 0.556. The Morgan fingerprint density at radius 1 is 1.62 bits per heavy atom. The fourth-order valence-corrected chi connectivity index (χ4v) is 1.32. The molecule has 0 bridgehead atoms. The number of nitriles is 1. The van der Waals surface area contributed by atoms with Crippen LogP contribution >= 0.6 is 0 Å². The average molecular weight is 178 g/mol. The highest BCUT2D eigenvalue weighted by atomic mass is 15.3. The number of hydrogen-bond donors (Lipinski definition) is 1. The third-order valence-electron chi connectivity index (χ3n) is 2.10. The molecule has 0 radical (unpaired) electrons. The van der Waals surface area contributed by atoms with E-state index < -0.39 is 0 Å². The highest BCUT2D eigenvalue weighted by Crippen LogP contribution is 2.17. The van der Waals surface area contributed by atoms with Gasteiger partial charge in [0.25, 0.3) is 0 Å². The zero-order chi connectivity index (χ0) is 9.84. The molecule has 0 aromatic carbocycles. The molecule has 0 spiro atoms. The minimum Gasteiger partial charge on any atom is -0.383 e. The van der Waals surface area contributed by atoms with Crippen molar-refractivity contribution >= 4 is 5.82 Å². The lowest BCUT2D eigenvalue weighted by atomic mass is 10.1. The first-order chi connectivity index (χ1) is 6.20. The van der Waals surface area contributed by atoms with Gasteiger partial charge in [-0.1, -0.05) is 13.3 Å². The van der Waals surface area contributed by atoms with E-state index in [0.29, 0.717) is 5.82 Å². The van der Waals surface area contributed by atoms with Gasteiger partial charge in [-0.25, -0.2) is 0 Å². The van der Waals surface area contributed by atoms with Gasteiger partial charge < -0.3 is 5.73 Å². The molecule has 13 heavy (non-hydrogen) atoms. The lowest BCUT2D eigenvalue weighted by Gasteiger charge is -1.98. The van der Waals surface area contributed by atoms with Crippen molar-refractivity contribution < 1.29 is 0 Å². The van der Waals surface area contributed by atoms with Crippen LogP contribution in [-0.2, 0) is 6.42 Å². The number of rotatable bonds is 3. The molecule has 0 amide bonds. The Kier molecular flexibility index (Phi) is 2.91. The van der Waals surface area contributed by atoms with Gasteiger partial charge in [-0.3, -0.25) is 0 Å². The lowest BCUT2D eigenvalue weighted by molar-refractivity contribution is 0.793. The van der Waals surface area contributed by atoms with E-state index in [0.717, 1.165) is 30.5 Å². The molecule has 0 saturated heterocycles. The first-order valence-corrected chi connectivity index (χ1v) is 4.44. The van der Waals surface area contributed by atoms with Crippen LogP contribution in [0, 0.1) is 18.4 Å². The van der Waals surface area contributed by atoms with E-state index in [2.05, 4.69) is 12.0 Å². The van der Waals surface area contributed by atoms with E-state index in [1.807, 2.05) is 13.1 Å². The number of aromatic nitrogens is 2. The maximum absolute atomic E-state index is 8.65. The summed E-state index contributed by atoms with van der Waals surface area (Å²) in [5.41, 5.74) is 7.62. The third kappa shape index (κ3) is 1.81. The van der Waals surface area contributed by atoms with Crippen LogP contribution in [0.3, 0.4) is 0 Å². The summed E-state index contributed by atoms with van der Waals surface area (Å²) in [5, 5.41) is 12.7. The molecule has 0 aliphatic carbocycles. The van der Waals surface area contributed by atoms with Crippen molar-refractivity contribution in [3.8, 4) is 6.19 Å². The summed E-state index contributed by atoms with van der Waals surface area (Å²) in [6.45, 7) is 4.01. The fourth-order valence-electron chi connectivity index (χ4n) is 1.32. The maximum atomic E-state index is 8.65. The average Bonchev–Trinajstić information content (AvgIpc) is 2.39. The Balaban J connectivity index is 2.94. The highest BCUT2D eigenvalue weighted by Gasteiger charge is 2.10. The summed E-state index contributed by atoms with van der Waals surface area (Å²) in [6, 6.07) is 0. The van der Waals surface area contributed by atoms with E-state index >= 15 is 0 Å². The Hall–Kier alpha value is -1.50. The van der Waals surface area contributed by atoms with Gasteiger partial charge in [0.1, 0.15) is 5.82 Å². The number of aryl methyl sites for hydroxylation is 1. The van der Waals surface area contributed by atoms with Gasteiger partial charge in [0.05, 0.1) is 5.69 Å². The molecule has 4 heteroatoms. The first-order valence-electron chi connectivity index (χ1n) is 4.44. The molecule has 0 aliphatic heterocycles. The predicted molar refractivity (Wildman–Crippen MR) is 51.0 cm³/mol. The van der Waals surface area contributed by atoms with Crippen LogP contribution in [0.5, 0.6) is 0 Å². The molecular weight excluding hydrogens is 164 g/mol. The van der Waals surface area contributed by atoms with Crippen molar-refractivity contribution in [2.45, 2.75) is 33.1 Å². The van der Waals surface area contributed by atoms with Crippen molar-refractivity contribution in [1.29, 1.82) is 5.26 Å². The molecule has 1 aromatic rings. The summed E-state index contributed by atoms with van der Waals surface area (Å²) in [5.74, 6) is 0.494. The van der Waals surface area contributed by atoms with Crippen LogP contribution in [0.2, 0.25) is 0 Å². The molecule has 1 aromatic heterocycles. The van der Waals surface area contributed by atoms with Crippen molar-refractivity contribution in [3.63, 3.8) is 0 Å². The third-order valence-corrected chi connectivity index (χ3v) is 2.10. The minimum atomic E-state index is 0.494. The number of nitrogen functional groups attached to an aromatic ring is 1. The van der Waals surface area contributed by atoms with Crippen LogP contribution in [0.25, 0.3) is 0 Å². The molecule has 1 heterocycles. The van der Waals surface area contributed by atoms with E-state index in [1.165, 1.54) is 4.68 Å². The van der Waals surface area contributed by atoms with Crippen molar-refractivity contribution in [2.75, 3.05) is 5.73 Å². The van der Waals surface area contributed by atoms with E-state index in [1.54, 1.807) is 0 Å². The van der Waals surface area contributed by atoms with Gasteiger partial charge in [0.2, 0.25) is 6.19 Å². The molecule has 70 valence electrons. The van der Waals surface area contributed by atoms with Crippen molar-refractivity contribution in [2.24, 2.45) is 0 Å². The van der Waals surface area contributed by atoms with Gasteiger partial charge in [0, 0.05) is 5.56 Å². The van der Waals surface area contributed by atoms with Gasteiger partial charge in [0.15, 0.2) is 0 Å². The molecule has 0 atom stereocenters. The Morgan fingerprint density at radius 2 is 2.31 bits per heavy atom. The van der Waals surface area contributed by atoms with Crippen LogP contribution < -0.4 is 5.73 Å². The van der Waals surface area contributed by atoms with Gasteiger partial charge in [-0.2, -0.15) is 15.0 Å². The number of anilines is 1.